The fourth-order valence-corrected chi connectivity index (χ4v) is 2.52. The zero-order valence-corrected chi connectivity index (χ0v) is 12.4. The summed E-state index contributed by atoms with van der Waals surface area (Å²) in [6, 6.07) is 15.0. The van der Waals surface area contributed by atoms with Crippen LogP contribution in [0.4, 0.5) is 0 Å². The molecular weight excluding hydrogens is 292 g/mol. The number of para-hydroxylation sites is 1. The summed E-state index contributed by atoms with van der Waals surface area (Å²) >= 11 is 7.55. The summed E-state index contributed by atoms with van der Waals surface area (Å²) in [5.74, 6) is 0.238. The second-order valence-corrected chi connectivity index (χ2v) is 5.34. The smallest absolute Gasteiger partial charge is 0.308 e. The molecule has 0 amide bonds. The lowest BCUT2D eigenvalue weighted by molar-refractivity contribution is -0.132. The van der Waals surface area contributed by atoms with Gasteiger partial charge in [-0.1, -0.05) is 53.7 Å². The van der Waals surface area contributed by atoms with E-state index >= 15 is 0 Å². The van der Waals surface area contributed by atoms with E-state index in [2.05, 4.69) is 0 Å². The van der Waals surface area contributed by atoms with Gasteiger partial charge in [-0.2, -0.15) is 0 Å². The van der Waals surface area contributed by atoms with Gasteiger partial charge in [-0.05, 0) is 35.2 Å². The first-order chi connectivity index (χ1) is 9.66. The number of thioether (sulfide) groups is 1. The van der Waals surface area contributed by atoms with Crippen molar-refractivity contribution in [1.29, 1.82) is 0 Å². The standard InChI is InChI=1S/C16H13ClO2S/c1-12(18)19-15-8-4-5-9-16(15)20-11-10-13-6-2-3-7-14(13)17/h2-11H,1H3. The third-order valence-electron chi connectivity index (χ3n) is 2.45. The van der Waals surface area contributed by atoms with Crippen molar-refractivity contribution in [3.05, 3.63) is 64.5 Å². The highest BCUT2D eigenvalue weighted by molar-refractivity contribution is 8.02. The third kappa shape index (κ3) is 4.15. The summed E-state index contributed by atoms with van der Waals surface area (Å²) in [5.41, 5.74) is 0.951. The van der Waals surface area contributed by atoms with Crippen molar-refractivity contribution in [2.24, 2.45) is 0 Å². The van der Waals surface area contributed by atoms with Crippen molar-refractivity contribution in [3.8, 4) is 5.75 Å². The summed E-state index contributed by atoms with van der Waals surface area (Å²) in [5, 5.41) is 2.63. The van der Waals surface area contributed by atoms with Gasteiger partial charge in [-0.15, -0.1) is 0 Å². The van der Waals surface area contributed by atoms with Crippen molar-refractivity contribution in [2.75, 3.05) is 0 Å². The van der Waals surface area contributed by atoms with Crippen LogP contribution < -0.4 is 4.74 Å². The Kier molecular flexibility index (Phi) is 5.27. The predicted octanol–water partition coefficient (Wildman–Crippen LogP) is 5.03. The lowest BCUT2D eigenvalue weighted by Crippen LogP contribution is -2.01. The van der Waals surface area contributed by atoms with E-state index < -0.39 is 0 Å². The van der Waals surface area contributed by atoms with E-state index in [-0.39, 0.29) is 5.97 Å². The van der Waals surface area contributed by atoms with Crippen molar-refractivity contribution < 1.29 is 9.53 Å². The molecule has 0 N–H and O–H groups in total. The Morgan fingerprint density at radius 2 is 1.85 bits per heavy atom. The van der Waals surface area contributed by atoms with Crippen LogP contribution in [0, 0.1) is 0 Å². The monoisotopic (exact) mass is 304 g/mol. The molecule has 0 saturated heterocycles. The molecule has 2 rings (SSSR count). The number of rotatable bonds is 4. The molecule has 0 bridgehead atoms. The summed E-state index contributed by atoms with van der Waals surface area (Å²) in [7, 11) is 0. The van der Waals surface area contributed by atoms with Crippen molar-refractivity contribution in [1.82, 2.24) is 0 Å². The summed E-state index contributed by atoms with van der Waals surface area (Å²) in [4.78, 5) is 11.9. The molecule has 20 heavy (non-hydrogen) atoms. The van der Waals surface area contributed by atoms with Gasteiger partial charge in [0.1, 0.15) is 5.75 Å². The number of esters is 1. The van der Waals surface area contributed by atoms with E-state index in [1.165, 1.54) is 18.7 Å². The molecule has 0 aromatic heterocycles. The van der Waals surface area contributed by atoms with Crippen molar-refractivity contribution in [2.45, 2.75) is 11.8 Å². The van der Waals surface area contributed by atoms with Gasteiger partial charge in [0.25, 0.3) is 0 Å². The lowest BCUT2D eigenvalue weighted by Gasteiger charge is -2.05. The van der Waals surface area contributed by atoms with Crippen LogP contribution in [0.3, 0.4) is 0 Å². The molecule has 0 saturated carbocycles. The molecule has 0 radical (unpaired) electrons. The zero-order valence-electron chi connectivity index (χ0n) is 10.9. The molecule has 0 unspecified atom stereocenters. The van der Waals surface area contributed by atoms with Crippen LogP contribution in [0.1, 0.15) is 12.5 Å². The first kappa shape index (κ1) is 14.7. The fraction of sp³-hybridized carbons (Fsp3) is 0.0625. The molecular formula is C16H13ClO2S. The number of hydrogen-bond acceptors (Lipinski definition) is 3. The molecule has 0 aliphatic heterocycles. The molecule has 0 aliphatic rings. The number of benzene rings is 2. The van der Waals surface area contributed by atoms with E-state index in [0.29, 0.717) is 10.8 Å². The highest BCUT2D eigenvalue weighted by Crippen LogP contribution is 2.30. The van der Waals surface area contributed by atoms with Crippen LogP contribution >= 0.6 is 23.4 Å². The Balaban J connectivity index is 2.11. The molecule has 0 aliphatic carbocycles. The zero-order chi connectivity index (χ0) is 14.4. The molecule has 0 spiro atoms. The number of ether oxygens (including phenoxy) is 1. The van der Waals surface area contributed by atoms with Crippen molar-refractivity contribution in [3.63, 3.8) is 0 Å². The predicted molar refractivity (Wildman–Crippen MR) is 84.1 cm³/mol. The Morgan fingerprint density at radius 3 is 2.60 bits per heavy atom. The minimum Gasteiger partial charge on any atom is -0.426 e. The summed E-state index contributed by atoms with van der Waals surface area (Å²) in [6.45, 7) is 1.39. The first-order valence-electron chi connectivity index (χ1n) is 6.02. The van der Waals surface area contributed by atoms with Gasteiger partial charge in [-0.3, -0.25) is 4.79 Å². The van der Waals surface area contributed by atoms with Gasteiger partial charge < -0.3 is 4.74 Å². The topological polar surface area (TPSA) is 26.3 Å². The van der Waals surface area contributed by atoms with E-state index in [1.54, 1.807) is 6.07 Å². The second kappa shape index (κ2) is 7.17. The van der Waals surface area contributed by atoms with Crippen LogP contribution in [0.15, 0.2) is 58.8 Å². The average Bonchev–Trinajstić information content (AvgIpc) is 2.42. The Bertz CT molecular complexity index is 638. The van der Waals surface area contributed by atoms with E-state index in [0.717, 1.165) is 10.5 Å². The summed E-state index contributed by atoms with van der Waals surface area (Å²) in [6.07, 6.45) is 1.93. The quantitative estimate of drug-likeness (QED) is 0.450. The third-order valence-corrected chi connectivity index (χ3v) is 3.66. The van der Waals surface area contributed by atoms with E-state index in [1.807, 2.05) is 53.9 Å². The Morgan fingerprint density at radius 1 is 1.15 bits per heavy atom. The maximum absolute atomic E-state index is 11.0. The molecule has 102 valence electrons. The van der Waals surface area contributed by atoms with Crippen LogP contribution in [0.5, 0.6) is 5.75 Å². The maximum atomic E-state index is 11.0. The normalized spacial score (nSPS) is 10.7. The SMILES string of the molecule is CC(=O)Oc1ccccc1SC=Cc1ccccc1Cl. The Labute approximate surface area is 127 Å². The van der Waals surface area contributed by atoms with Gasteiger partial charge in [0.15, 0.2) is 0 Å². The van der Waals surface area contributed by atoms with Gasteiger partial charge in [0, 0.05) is 11.9 Å². The molecule has 0 atom stereocenters. The highest BCUT2D eigenvalue weighted by atomic mass is 35.5. The number of halogens is 1. The molecule has 2 aromatic rings. The Hall–Kier alpha value is -1.71. The minimum atomic E-state index is -0.326. The largest absolute Gasteiger partial charge is 0.426 e. The van der Waals surface area contributed by atoms with Crippen LogP contribution in [0.2, 0.25) is 5.02 Å². The molecule has 2 nitrogen and oxygen atoms in total. The number of hydrogen-bond donors (Lipinski definition) is 0. The molecule has 4 heteroatoms. The van der Waals surface area contributed by atoms with Crippen LogP contribution in [0.25, 0.3) is 6.08 Å². The molecule has 0 fully saturated rings. The van der Waals surface area contributed by atoms with Gasteiger partial charge in [0.05, 0.1) is 4.90 Å². The van der Waals surface area contributed by atoms with Gasteiger partial charge >= 0.3 is 5.97 Å². The van der Waals surface area contributed by atoms with Gasteiger partial charge in [-0.25, -0.2) is 0 Å². The lowest BCUT2D eigenvalue weighted by atomic mass is 10.2. The number of carbonyl (C=O) groups is 1. The average molecular weight is 305 g/mol. The highest BCUT2D eigenvalue weighted by Gasteiger charge is 2.04. The maximum Gasteiger partial charge on any atom is 0.308 e. The van der Waals surface area contributed by atoms with Crippen LogP contribution in [-0.4, -0.2) is 5.97 Å². The molecule has 0 heterocycles. The van der Waals surface area contributed by atoms with Gasteiger partial charge in [0.2, 0.25) is 0 Å². The summed E-state index contributed by atoms with van der Waals surface area (Å²) < 4.78 is 5.15. The molecule has 2 aromatic carbocycles. The number of carbonyl (C=O) groups excluding carboxylic acids is 1. The first-order valence-corrected chi connectivity index (χ1v) is 7.28. The minimum absolute atomic E-state index is 0.326. The second-order valence-electron chi connectivity index (χ2n) is 3.98. The van der Waals surface area contributed by atoms with E-state index in [4.69, 9.17) is 16.3 Å². The van der Waals surface area contributed by atoms with E-state index in [9.17, 15) is 4.79 Å². The van der Waals surface area contributed by atoms with Crippen molar-refractivity contribution >= 4 is 35.4 Å². The van der Waals surface area contributed by atoms with Crippen LogP contribution in [-0.2, 0) is 4.79 Å². The fourth-order valence-electron chi connectivity index (χ4n) is 1.58.